The molecule has 0 saturated carbocycles. The lowest BCUT2D eigenvalue weighted by molar-refractivity contribution is 0.715. The van der Waals surface area contributed by atoms with Crippen LogP contribution in [0.5, 0.6) is 0 Å². The van der Waals surface area contributed by atoms with Gasteiger partial charge < -0.3 is 5.32 Å². The highest BCUT2D eigenvalue weighted by molar-refractivity contribution is 6.36. The molecule has 0 aliphatic rings. The van der Waals surface area contributed by atoms with Crippen molar-refractivity contribution >= 4 is 23.2 Å². The van der Waals surface area contributed by atoms with Gasteiger partial charge in [-0.05, 0) is 30.8 Å². The Morgan fingerprint density at radius 1 is 1.32 bits per heavy atom. The Labute approximate surface area is 120 Å². The van der Waals surface area contributed by atoms with E-state index < -0.39 is 0 Å². The number of hydrogen-bond acceptors (Lipinski definition) is 3. The van der Waals surface area contributed by atoms with E-state index in [0.29, 0.717) is 27.8 Å². The summed E-state index contributed by atoms with van der Waals surface area (Å²) in [6, 6.07) is 6.90. The number of rotatable bonds is 4. The number of halogens is 2. The Balaban J connectivity index is 2.42. The summed E-state index contributed by atoms with van der Waals surface area (Å²) < 4.78 is 0. The summed E-state index contributed by atoms with van der Waals surface area (Å²) in [5.74, 6) is 0. The van der Waals surface area contributed by atoms with Crippen LogP contribution in [0.1, 0.15) is 12.5 Å². The van der Waals surface area contributed by atoms with Crippen molar-refractivity contribution in [3.05, 3.63) is 50.2 Å². The number of aromatic amines is 1. The molecule has 2 N–H and O–H groups in total. The molecule has 0 bridgehead atoms. The minimum Gasteiger partial charge on any atom is -0.313 e. The van der Waals surface area contributed by atoms with Gasteiger partial charge in [-0.1, -0.05) is 30.1 Å². The number of benzene rings is 1. The van der Waals surface area contributed by atoms with E-state index in [1.54, 1.807) is 24.3 Å². The fourth-order valence-electron chi connectivity index (χ4n) is 1.67. The quantitative estimate of drug-likeness (QED) is 0.912. The summed E-state index contributed by atoms with van der Waals surface area (Å²) >= 11 is 12.0. The van der Waals surface area contributed by atoms with Gasteiger partial charge in [0, 0.05) is 22.7 Å². The summed E-state index contributed by atoms with van der Waals surface area (Å²) in [6.07, 6.45) is 0. The fraction of sp³-hybridized carbons (Fsp3) is 0.231. The first-order valence-electron chi connectivity index (χ1n) is 5.86. The van der Waals surface area contributed by atoms with E-state index in [4.69, 9.17) is 23.2 Å². The molecule has 1 heterocycles. The van der Waals surface area contributed by atoms with Crippen molar-refractivity contribution in [3.8, 4) is 11.3 Å². The summed E-state index contributed by atoms with van der Waals surface area (Å²) in [4.78, 5) is 11.6. The normalized spacial score (nSPS) is 10.7. The monoisotopic (exact) mass is 297 g/mol. The Bertz CT molecular complexity index is 640. The van der Waals surface area contributed by atoms with Crippen molar-refractivity contribution in [1.82, 2.24) is 15.5 Å². The first kappa shape index (κ1) is 14.1. The molecule has 0 saturated heterocycles. The maximum Gasteiger partial charge on any atom is 0.268 e. The van der Waals surface area contributed by atoms with Crippen molar-refractivity contribution in [3.63, 3.8) is 0 Å². The highest BCUT2D eigenvalue weighted by Gasteiger charge is 2.09. The second-order valence-electron chi connectivity index (χ2n) is 4.01. The molecule has 0 atom stereocenters. The third-order valence-electron chi connectivity index (χ3n) is 2.65. The maximum atomic E-state index is 11.6. The zero-order valence-corrected chi connectivity index (χ0v) is 11.8. The van der Waals surface area contributed by atoms with Gasteiger partial charge >= 0.3 is 0 Å². The van der Waals surface area contributed by atoms with Crippen LogP contribution >= 0.6 is 23.2 Å². The second-order valence-corrected chi connectivity index (χ2v) is 4.86. The first-order valence-corrected chi connectivity index (χ1v) is 6.62. The average molecular weight is 298 g/mol. The van der Waals surface area contributed by atoms with Crippen molar-refractivity contribution < 1.29 is 0 Å². The molecule has 2 rings (SSSR count). The largest absolute Gasteiger partial charge is 0.313 e. The molecule has 0 radical (unpaired) electrons. The molecule has 0 aliphatic heterocycles. The Morgan fingerprint density at radius 2 is 2.11 bits per heavy atom. The summed E-state index contributed by atoms with van der Waals surface area (Å²) in [7, 11) is 0. The molecule has 0 unspecified atom stereocenters. The first-order chi connectivity index (χ1) is 9.11. The van der Waals surface area contributed by atoms with E-state index in [2.05, 4.69) is 15.5 Å². The van der Waals surface area contributed by atoms with Gasteiger partial charge in [0.1, 0.15) is 0 Å². The van der Waals surface area contributed by atoms with Gasteiger partial charge in [0.2, 0.25) is 0 Å². The van der Waals surface area contributed by atoms with Crippen LogP contribution in [0, 0.1) is 0 Å². The smallest absolute Gasteiger partial charge is 0.268 e. The second kappa shape index (κ2) is 6.19. The molecule has 19 heavy (non-hydrogen) atoms. The zero-order chi connectivity index (χ0) is 13.8. The van der Waals surface area contributed by atoms with Crippen LogP contribution in [0.3, 0.4) is 0 Å². The van der Waals surface area contributed by atoms with E-state index in [-0.39, 0.29) is 5.56 Å². The standard InChI is InChI=1S/C13H13Cl2N3O/c1-2-16-7-8-5-12(17-18-13(8)19)10-4-3-9(14)6-11(10)15/h3-6,16H,2,7H2,1H3,(H,18,19). The van der Waals surface area contributed by atoms with E-state index in [0.717, 1.165) is 12.1 Å². The SMILES string of the molecule is CCNCc1cc(-c2ccc(Cl)cc2Cl)n[nH]c1=O. The lowest BCUT2D eigenvalue weighted by atomic mass is 10.1. The van der Waals surface area contributed by atoms with Gasteiger partial charge in [-0.3, -0.25) is 4.79 Å². The summed E-state index contributed by atoms with van der Waals surface area (Å²) in [5.41, 5.74) is 1.78. The molecule has 100 valence electrons. The van der Waals surface area contributed by atoms with E-state index in [9.17, 15) is 4.79 Å². The number of nitrogens with zero attached hydrogens (tertiary/aromatic N) is 1. The molecule has 4 nitrogen and oxygen atoms in total. The minimum absolute atomic E-state index is 0.199. The number of nitrogens with one attached hydrogen (secondary N) is 2. The molecule has 0 fully saturated rings. The van der Waals surface area contributed by atoms with Gasteiger partial charge in [0.25, 0.3) is 5.56 Å². The van der Waals surface area contributed by atoms with Gasteiger partial charge in [0.15, 0.2) is 0 Å². The molecule has 0 aliphatic carbocycles. The van der Waals surface area contributed by atoms with Gasteiger partial charge in [0.05, 0.1) is 10.7 Å². The number of hydrogen-bond donors (Lipinski definition) is 2. The van der Waals surface area contributed by atoms with E-state index in [1.807, 2.05) is 6.92 Å². The predicted molar refractivity (Wildman–Crippen MR) is 77.7 cm³/mol. The van der Waals surface area contributed by atoms with Crippen LogP contribution in [-0.2, 0) is 6.54 Å². The molecule has 6 heteroatoms. The molecular weight excluding hydrogens is 285 g/mol. The minimum atomic E-state index is -0.199. The highest BCUT2D eigenvalue weighted by Crippen LogP contribution is 2.28. The van der Waals surface area contributed by atoms with Crippen LogP contribution in [0.2, 0.25) is 10.0 Å². The Kier molecular flexibility index (Phi) is 4.58. The van der Waals surface area contributed by atoms with Gasteiger partial charge in [-0.25, -0.2) is 5.10 Å². The number of aromatic nitrogens is 2. The summed E-state index contributed by atoms with van der Waals surface area (Å²) in [6.45, 7) is 3.26. The number of H-pyrrole nitrogens is 1. The topological polar surface area (TPSA) is 57.8 Å². The van der Waals surface area contributed by atoms with Gasteiger partial charge in [-0.15, -0.1) is 0 Å². The lowest BCUT2D eigenvalue weighted by Crippen LogP contribution is -2.21. The van der Waals surface area contributed by atoms with Crippen LogP contribution in [0.25, 0.3) is 11.3 Å². The Morgan fingerprint density at radius 3 is 2.79 bits per heavy atom. The molecule has 0 amide bonds. The summed E-state index contributed by atoms with van der Waals surface area (Å²) in [5, 5.41) is 10.7. The average Bonchev–Trinajstić information content (AvgIpc) is 2.38. The molecule has 1 aromatic heterocycles. The predicted octanol–water partition coefficient (Wildman–Crippen LogP) is 2.85. The van der Waals surface area contributed by atoms with Crippen molar-refractivity contribution in [2.45, 2.75) is 13.5 Å². The highest BCUT2D eigenvalue weighted by atomic mass is 35.5. The Hall–Kier alpha value is -1.36. The third-order valence-corrected chi connectivity index (χ3v) is 3.20. The molecule has 1 aromatic carbocycles. The van der Waals surface area contributed by atoms with Crippen LogP contribution in [0.15, 0.2) is 29.1 Å². The fourth-order valence-corrected chi connectivity index (χ4v) is 2.18. The van der Waals surface area contributed by atoms with Crippen LogP contribution in [-0.4, -0.2) is 16.7 Å². The molecule has 0 spiro atoms. The zero-order valence-electron chi connectivity index (χ0n) is 10.3. The van der Waals surface area contributed by atoms with Crippen molar-refractivity contribution in [1.29, 1.82) is 0 Å². The van der Waals surface area contributed by atoms with Gasteiger partial charge in [-0.2, -0.15) is 5.10 Å². The van der Waals surface area contributed by atoms with E-state index >= 15 is 0 Å². The van der Waals surface area contributed by atoms with Crippen molar-refractivity contribution in [2.75, 3.05) is 6.54 Å². The lowest BCUT2D eigenvalue weighted by Gasteiger charge is -2.06. The molecular formula is C13H13Cl2N3O. The molecule has 2 aromatic rings. The van der Waals surface area contributed by atoms with Crippen LogP contribution < -0.4 is 10.9 Å². The van der Waals surface area contributed by atoms with Crippen LogP contribution in [0.4, 0.5) is 0 Å². The maximum absolute atomic E-state index is 11.6. The van der Waals surface area contributed by atoms with Crippen molar-refractivity contribution in [2.24, 2.45) is 0 Å². The third kappa shape index (κ3) is 3.35. The van der Waals surface area contributed by atoms with E-state index in [1.165, 1.54) is 0 Å².